The molecule has 41 heavy (non-hydrogen) atoms. The third-order valence-electron chi connectivity index (χ3n) is 6.88. The number of nitrogens with one attached hydrogen (secondary N) is 1. The molecule has 1 aromatic rings. The summed E-state index contributed by atoms with van der Waals surface area (Å²) < 4.78 is 4.90. The second kappa shape index (κ2) is 23.3. The molecule has 0 saturated heterocycles. The number of esters is 1. The number of hydrogen-bond donors (Lipinski definition) is 2. The quantitative estimate of drug-likeness (QED) is 0.0613. The maximum atomic E-state index is 11.9. The fourth-order valence-corrected chi connectivity index (χ4v) is 4.68. The first-order valence-electron chi connectivity index (χ1n) is 14.9. The number of hydrogen-bond acceptors (Lipinski definition) is 7. The van der Waals surface area contributed by atoms with E-state index < -0.39 is 35.4 Å². The van der Waals surface area contributed by atoms with Crippen molar-refractivity contribution in [3.63, 3.8) is 0 Å². The minimum Gasteiger partial charge on any atom is -0.481 e. The van der Waals surface area contributed by atoms with Crippen LogP contribution < -0.4 is 5.32 Å². The minimum atomic E-state index is -1.26. The van der Waals surface area contributed by atoms with E-state index in [1.54, 1.807) is 0 Å². The number of amides is 1. The van der Waals surface area contributed by atoms with Crippen LogP contribution in [0.2, 0.25) is 0 Å². The maximum absolute atomic E-state index is 11.9. The van der Waals surface area contributed by atoms with E-state index in [1.165, 1.54) is 63.4 Å². The normalized spacial score (nSPS) is 13.7. The number of carboxylic acids is 1. The van der Waals surface area contributed by atoms with E-state index >= 15 is 0 Å². The van der Waals surface area contributed by atoms with Crippen molar-refractivity contribution in [1.82, 2.24) is 5.32 Å². The number of nitrogens with zero attached hydrogens (tertiary/aromatic N) is 1. The molecule has 1 unspecified atom stereocenters. The third kappa shape index (κ3) is 20.2. The van der Waals surface area contributed by atoms with Crippen molar-refractivity contribution in [1.29, 1.82) is 0 Å². The number of unbranched alkanes of at least 4 members (excludes halogenated alkanes) is 4. The lowest BCUT2D eigenvalue weighted by molar-refractivity contribution is -0.757. The molecule has 2 rings (SSSR count). The van der Waals surface area contributed by atoms with Crippen LogP contribution in [0.15, 0.2) is 42.5 Å². The standard InChI is InChI=1S/C16H24.C15H24N2O8/c1-3-9-15(10-4-1)11-5-2-6-12-16-13-7-8-14-16;1-2-3-4-5-8-13(18)16-12(11-14(19)20)15(21)24-9-6-7-10-25-17(22)23/h1,3-4,9-10,16H,2,5-8,11-14H2;2-3,12H,4-11H2,1H3,(H,16,18)(H,19,20)/b;3-2-. The van der Waals surface area contributed by atoms with E-state index in [1.807, 2.05) is 19.1 Å². The van der Waals surface area contributed by atoms with Crippen LogP contribution in [0, 0.1) is 16.0 Å². The number of carbonyl (C=O) groups is 3. The number of allylic oxidation sites excluding steroid dienone is 2. The van der Waals surface area contributed by atoms with Gasteiger partial charge in [-0.05, 0) is 56.9 Å². The largest absolute Gasteiger partial charge is 0.481 e. The molecule has 1 aliphatic rings. The lowest BCUT2D eigenvalue weighted by atomic mass is 9.98. The first-order chi connectivity index (χ1) is 19.8. The molecule has 0 aliphatic heterocycles. The van der Waals surface area contributed by atoms with Gasteiger partial charge in [-0.3, -0.25) is 9.59 Å². The van der Waals surface area contributed by atoms with Crippen molar-refractivity contribution in [2.45, 2.75) is 109 Å². The Morgan fingerprint density at radius 3 is 2.41 bits per heavy atom. The van der Waals surface area contributed by atoms with Crippen molar-refractivity contribution in [3.05, 3.63) is 58.2 Å². The lowest BCUT2D eigenvalue weighted by Gasteiger charge is -2.16. The van der Waals surface area contributed by atoms with E-state index in [9.17, 15) is 24.5 Å². The van der Waals surface area contributed by atoms with Crippen LogP contribution in [0.3, 0.4) is 0 Å². The third-order valence-corrected chi connectivity index (χ3v) is 6.88. The van der Waals surface area contributed by atoms with Crippen LogP contribution >= 0.6 is 0 Å². The molecule has 1 aromatic carbocycles. The zero-order chi connectivity index (χ0) is 30.1. The summed E-state index contributed by atoms with van der Waals surface area (Å²) in [5, 5.41) is 20.2. The van der Waals surface area contributed by atoms with Gasteiger partial charge in [0, 0.05) is 6.42 Å². The van der Waals surface area contributed by atoms with E-state index in [0.29, 0.717) is 25.7 Å². The van der Waals surface area contributed by atoms with Crippen LogP contribution in [0.4, 0.5) is 0 Å². The number of carboxylic acid groups (broad SMARTS) is 1. The van der Waals surface area contributed by atoms with Gasteiger partial charge in [-0.15, -0.1) is 10.1 Å². The van der Waals surface area contributed by atoms with Crippen LogP contribution in [-0.2, 0) is 30.4 Å². The summed E-state index contributed by atoms with van der Waals surface area (Å²) in [6.45, 7) is 1.70. The molecule has 10 heteroatoms. The maximum Gasteiger partial charge on any atom is 0.329 e. The first-order valence-corrected chi connectivity index (χ1v) is 14.9. The molecule has 0 aromatic heterocycles. The Morgan fingerprint density at radius 2 is 1.76 bits per heavy atom. The highest BCUT2D eigenvalue weighted by molar-refractivity contribution is 5.87. The molecule has 2 N–H and O–H groups in total. The van der Waals surface area contributed by atoms with Gasteiger partial charge in [0.1, 0.15) is 6.04 Å². The van der Waals surface area contributed by atoms with Crippen molar-refractivity contribution in [2.75, 3.05) is 13.2 Å². The highest BCUT2D eigenvalue weighted by atomic mass is 16.9. The Morgan fingerprint density at radius 1 is 1.05 bits per heavy atom. The van der Waals surface area contributed by atoms with Crippen molar-refractivity contribution < 1.29 is 34.2 Å². The number of rotatable bonds is 20. The molecule has 0 heterocycles. The second-order valence-corrected chi connectivity index (χ2v) is 10.3. The van der Waals surface area contributed by atoms with Gasteiger partial charge in [0.25, 0.3) is 5.09 Å². The van der Waals surface area contributed by atoms with Crippen LogP contribution in [0.1, 0.15) is 102 Å². The fraction of sp³-hybridized carbons (Fsp3) is 0.645. The Hall–Kier alpha value is -3.43. The summed E-state index contributed by atoms with van der Waals surface area (Å²) in [7, 11) is 0. The Kier molecular flexibility index (Phi) is 20.2. The number of aliphatic carboxylic acids is 1. The topological polar surface area (TPSA) is 145 Å². The second-order valence-electron chi connectivity index (χ2n) is 10.3. The lowest BCUT2D eigenvalue weighted by Crippen LogP contribution is -2.43. The zero-order valence-electron chi connectivity index (χ0n) is 24.5. The van der Waals surface area contributed by atoms with Gasteiger partial charge < -0.3 is 20.0 Å². The van der Waals surface area contributed by atoms with Gasteiger partial charge >= 0.3 is 11.9 Å². The minimum absolute atomic E-state index is 0.0484. The predicted molar refractivity (Wildman–Crippen MR) is 157 cm³/mol. The van der Waals surface area contributed by atoms with E-state index in [-0.39, 0.29) is 19.6 Å². The highest BCUT2D eigenvalue weighted by Crippen LogP contribution is 2.29. The SMILES string of the molecule is C/C=C\CCCC(=O)NC(CC(=O)O)C(=O)OCCCCO[N+](=O)[O-].c1ccc(CCCCCC2CCCC2)cc1. The number of benzene rings is 1. The fourth-order valence-electron chi connectivity index (χ4n) is 4.68. The number of ether oxygens (including phenoxy) is 1. The van der Waals surface area contributed by atoms with Gasteiger partial charge in [-0.2, -0.15) is 0 Å². The molecular weight excluding hydrogens is 528 g/mol. The molecule has 1 amide bonds. The molecular formula is C31H48N2O8. The molecule has 1 atom stereocenters. The summed E-state index contributed by atoms with van der Waals surface area (Å²) in [6, 6.07) is 9.63. The summed E-state index contributed by atoms with van der Waals surface area (Å²) in [6.07, 6.45) is 18.3. The van der Waals surface area contributed by atoms with Gasteiger partial charge in [-0.25, -0.2) is 4.79 Å². The molecule has 0 radical (unpaired) electrons. The highest BCUT2D eigenvalue weighted by Gasteiger charge is 2.25. The monoisotopic (exact) mass is 576 g/mol. The summed E-state index contributed by atoms with van der Waals surface area (Å²) in [5.41, 5.74) is 1.50. The number of aryl methyl sites for hydroxylation is 1. The first kappa shape index (κ1) is 35.6. The van der Waals surface area contributed by atoms with Gasteiger partial charge in [0.05, 0.1) is 19.6 Å². The summed E-state index contributed by atoms with van der Waals surface area (Å²) in [4.78, 5) is 48.5. The van der Waals surface area contributed by atoms with Crippen LogP contribution in [0.5, 0.6) is 0 Å². The Labute approximate surface area is 244 Å². The van der Waals surface area contributed by atoms with Crippen molar-refractivity contribution in [2.24, 2.45) is 5.92 Å². The predicted octanol–water partition coefficient (Wildman–Crippen LogP) is 6.20. The molecule has 1 saturated carbocycles. The summed E-state index contributed by atoms with van der Waals surface area (Å²) in [5.74, 6) is -1.43. The van der Waals surface area contributed by atoms with Gasteiger partial charge in [-0.1, -0.05) is 87.4 Å². The van der Waals surface area contributed by atoms with Crippen molar-refractivity contribution >= 4 is 17.8 Å². The average Bonchev–Trinajstić information content (AvgIpc) is 3.46. The molecule has 1 aliphatic carbocycles. The van der Waals surface area contributed by atoms with Gasteiger partial charge in [0.2, 0.25) is 5.91 Å². The Bertz CT molecular complexity index is 901. The molecule has 0 bridgehead atoms. The van der Waals surface area contributed by atoms with E-state index in [0.717, 1.165) is 5.92 Å². The van der Waals surface area contributed by atoms with E-state index in [2.05, 4.69) is 40.5 Å². The zero-order valence-corrected chi connectivity index (χ0v) is 24.5. The smallest absolute Gasteiger partial charge is 0.329 e. The van der Waals surface area contributed by atoms with E-state index in [4.69, 9.17) is 9.84 Å². The number of carbonyl (C=O) groups excluding carboxylic acids is 2. The summed E-state index contributed by atoms with van der Waals surface area (Å²) >= 11 is 0. The molecule has 10 nitrogen and oxygen atoms in total. The van der Waals surface area contributed by atoms with Crippen molar-refractivity contribution in [3.8, 4) is 0 Å². The van der Waals surface area contributed by atoms with Gasteiger partial charge in [0.15, 0.2) is 0 Å². The van der Waals surface area contributed by atoms with Crippen LogP contribution in [0.25, 0.3) is 0 Å². The molecule has 0 spiro atoms. The molecule has 1 fully saturated rings. The Balaban J connectivity index is 0.000000447. The average molecular weight is 577 g/mol. The molecule has 230 valence electrons. The van der Waals surface area contributed by atoms with Crippen LogP contribution in [-0.4, -0.2) is 47.3 Å².